The summed E-state index contributed by atoms with van der Waals surface area (Å²) in [5.74, 6) is 2.52. The van der Waals surface area contributed by atoms with E-state index in [1.54, 1.807) is 24.4 Å². The summed E-state index contributed by atoms with van der Waals surface area (Å²) in [6, 6.07) is 14.6. The molecule has 0 saturated carbocycles. The standard InChI is InChI=1S/C26H20Br2ClN3O4/c1-2-3-24-31-21-6-5-17(27)10-19(21)26(33)32(24)30-12-16-9-18(29)11-20(28)25(16)34-13-15-4-7-22-23(8-15)36-14-35-22/h4-12H,2-3,13-14H2,1H3. The molecule has 0 unspecified atom stereocenters. The molecule has 10 heteroatoms. The lowest BCUT2D eigenvalue weighted by Crippen LogP contribution is -2.22. The first kappa shape index (κ1) is 24.8. The van der Waals surface area contributed by atoms with Crippen LogP contribution in [0, 0.1) is 0 Å². The van der Waals surface area contributed by atoms with Gasteiger partial charge >= 0.3 is 0 Å². The average Bonchev–Trinajstić information content (AvgIpc) is 3.32. The maximum absolute atomic E-state index is 13.3. The highest BCUT2D eigenvalue weighted by Crippen LogP contribution is 2.35. The third kappa shape index (κ3) is 5.14. The van der Waals surface area contributed by atoms with E-state index in [4.69, 9.17) is 25.8 Å². The van der Waals surface area contributed by atoms with Gasteiger partial charge in [-0.1, -0.05) is 40.5 Å². The minimum atomic E-state index is -0.245. The normalized spacial score (nSPS) is 12.6. The van der Waals surface area contributed by atoms with Gasteiger partial charge in [0.2, 0.25) is 6.79 Å². The Morgan fingerprint density at radius 1 is 1.14 bits per heavy atom. The molecule has 0 atom stereocenters. The van der Waals surface area contributed by atoms with Crippen LogP contribution in [0.25, 0.3) is 10.9 Å². The number of nitrogens with zero attached hydrogens (tertiary/aromatic N) is 3. The maximum atomic E-state index is 13.3. The van der Waals surface area contributed by atoms with E-state index in [1.165, 1.54) is 4.68 Å². The van der Waals surface area contributed by atoms with Crippen molar-refractivity contribution >= 4 is 60.6 Å². The molecular weight excluding hydrogens is 614 g/mol. The quantitative estimate of drug-likeness (QED) is 0.212. The van der Waals surface area contributed by atoms with E-state index in [0.29, 0.717) is 55.5 Å². The molecule has 0 aliphatic carbocycles. The van der Waals surface area contributed by atoms with Crippen molar-refractivity contribution in [3.8, 4) is 17.2 Å². The van der Waals surface area contributed by atoms with Gasteiger partial charge in [-0.3, -0.25) is 4.79 Å². The van der Waals surface area contributed by atoms with Gasteiger partial charge in [0, 0.05) is 21.5 Å². The lowest BCUT2D eigenvalue weighted by atomic mass is 10.2. The van der Waals surface area contributed by atoms with E-state index in [9.17, 15) is 4.79 Å². The Labute approximate surface area is 228 Å². The van der Waals surface area contributed by atoms with Gasteiger partial charge in [0.15, 0.2) is 11.5 Å². The third-order valence-corrected chi connectivity index (χ3v) is 6.82. The number of aromatic nitrogens is 2. The Kier molecular flexibility index (Phi) is 7.32. The molecule has 0 saturated heterocycles. The summed E-state index contributed by atoms with van der Waals surface area (Å²) in [6.45, 7) is 2.52. The molecule has 0 fully saturated rings. The molecule has 0 radical (unpaired) electrons. The molecule has 0 N–H and O–H groups in total. The van der Waals surface area contributed by atoms with Gasteiger partial charge in [0.05, 0.1) is 21.6 Å². The van der Waals surface area contributed by atoms with Gasteiger partial charge in [0.25, 0.3) is 5.56 Å². The molecular formula is C26H20Br2ClN3O4. The summed E-state index contributed by atoms with van der Waals surface area (Å²) in [5, 5.41) is 5.50. The monoisotopic (exact) mass is 631 g/mol. The number of hydrogen-bond donors (Lipinski definition) is 0. The number of rotatable bonds is 7. The van der Waals surface area contributed by atoms with Gasteiger partial charge in [-0.05, 0) is 70.4 Å². The average molecular weight is 634 g/mol. The van der Waals surface area contributed by atoms with Crippen molar-refractivity contribution in [2.45, 2.75) is 26.4 Å². The molecule has 1 aromatic heterocycles. The molecule has 5 rings (SSSR count). The van der Waals surface area contributed by atoms with Gasteiger partial charge in [-0.15, -0.1) is 0 Å². The van der Waals surface area contributed by atoms with Crippen LogP contribution in [0.3, 0.4) is 0 Å². The fourth-order valence-electron chi connectivity index (χ4n) is 3.83. The first-order valence-electron chi connectivity index (χ1n) is 11.2. The van der Waals surface area contributed by atoms with Crippen LogP contribution in [0.1, 0.15) is 30.3 Å². The van der Waals surface area contributed by atoms with Crippen molar-refractivity contribution in [3.05, 3.63) is 89.8 Å². The summed E-state index contributed by atoms with van der Waals surface area (Å²) in [6.07, 6.45) is 2.99. The highest BCUT2D eigenvalue weighted by atomic mass is 79.9. The van der Waals surface area contributed by atoms with E-state index < -0.39 is 0 Å². The van der Waals surface area contributed by atoms with Crippen molar-refractivity contribution < 1.29 is 14.2 Å². The molecule has 0 bridgehead atoms. The summed E-state index contributed by atoms with van der Waals surface area (Å²) >= 11 is 13.3. The Morgan fingerprint density at radius 2 is 1.97 bits per heavy atom. The lowest BCUT2D eigenvalue weighted by Gasteiger charge is -2.13. The Hall–Kier alpha value is -2.88. The van der Waals surface area contributed by atoms with Crippen molar-refractivity contribution in [2.24, 2.45) is 5.10 Å². The van der Waals surface area contributed by atoms with E-state index in [-0.39, 0.29) is 19.0 Å². The fourth-order valence-corrected chi connectivity index (χ4v) is 5.14. The summed E-state index contributed by atoms with van der Waals surface area (Å²) in [5.41, 5.74) is 1.91. The number of hydrogen-bond acceptors (Lipinski definition) is 6. The number of halogens is 3. The Balaban J connectivity index is 1.50. The first-order chi connectivity index (χ1) is 17.4. The van der Waals surface area contributed by atoms with Gasteiger partial charge in [-0.25, -0.2) is 4.98 Å². The highest BCUT2D eigenvalue weighted by molar-refractivity contribution is 9.10. The van der Waals surface area contributed by atoms with Crippen molar-refractivity contribution in [3.63, 3.8) is 0 Å². The second kappa shape index (κ2) is 10.6. The maximum Gasteiger partial charge on any atom is 0.282 e. The molecule has 4 aromatic rings. The first-order valence-corrected chi connectivity index (χ1v) is 13.1. The molecule has 1 aliphatic heterocycles. The summed E-state index contributed by atoms with van der Waals surface area (Å²) in [7, 11) is 0. The number of aryl methyl sites for hydroxylation is 1. The third-order valence-electron chi connectivity index (χ3n) is 5.52. The second-order valence-electron chi connectivity index (χ2n) is 8.08. The van der Waals surface area contributed by atoms with E-state index in [2.05, 4.69) is 41.9 Å². The van der Waals surface area contributed by atoms with Gasteiger partial charge < -0.3 is 14.2 Å². The predicted octanol–water partition coefficient (Wildman–Crippen LogP) is 6.72. The molecule has 3 aromatic carbocycles. The molecule has 2 heterocycles. The largest absolute Gasteiger partial charge is 0.487 e. The number of ether oxygens (including phenoxy) is 3. The van der Waals surface area contributed by atoms with Crippen LogP contribution < -0.4 is 19.8 Å². The second-order valence-corrected chi connectivity index (χ2v) is 10.3. The summed E-state index contributed by atoms with van der Waals surface area (Å²) in [4.78, 5) is 18.0. The highest BCUT2D eigenvalue weighted by Gasteiger charge is 2.16. The Morgan fingerprint density at radius 3 is 2.81 bits per heavy atom. The zero-order chi connectivity index (χ0) is 25.2. The summed E-state index contributed by atoms with van der Waals surface area (Å²) < 4.78 is 19.8. The molecule has 0 spiro atoms. The molecule has 7 nitrogen and oxygen atoms in total. The number of fused-ring (bicyclic) bond motifs is 2. The zero-order valence-corrected chi connectivity index (χ0v) is 23.1. The van der Waals surface area contributed by atoms with Crippen LogP contribution in [-0.4, -0.2) is 22.7 Å². The number of benzene rings is 3. The molecule has 184 valence electrons. The molecule has 0 amide bonds. The molecule has 1 aliphatic rings. The SMILES string of the molecule is CCCc1nc2ccc(Br)cc2c(=O)n1N=Cc1cc(Cl)cc(Br)c1OCc1ccc2c(c1)OCO2. The van der Waals surface area contributed by atoms with Gasteiger partial charge in [0.1, 0.15) is 18.2 Å². The van der Waals surface area contributed by atoms with E-state index in [1.807, 2.05) is 37.3 Å². The zero-order valence-electron chi connectivity index (χ0n) is 19.1. The van der Waals surface area contributed by atoms with Crippen molar-refractivity contribution in [1.82, 2.24) is 9.66 Å². The van der Waals surface area contributed by atoms with Crippen LogP contribution in [-0.2, 0) is 13.0 Å². The lowest BCUT2D eigenvalue weighted by molar-refractivity contribution is 0.174. The smallest absolute Gasteiger partial charge is 0.282 e. The minimum absolute atomic E-state index is 0.211. The Bertz CT molecular complexity index is 1550. The van der Waals surface area contributed by atoms with Crippen molar-refractivity contribution in [1.29, 1.82) is 0 Å². The fraction of sp³-hybridized carbons (Fsp3) is 0.192. The minimum Gasteiger partial charge on any atom is -0.487 e. The van der Waals surface area contributed by atoms with Crippen LogP contribution in [0.5, 0.6) is 17.2 Å². The van der Waals surface area contributed by atoms with Crippen LogP contribution >= 0.6 is 43.5 Å². The van der Waals surface area contributed by atoms with Crippen LogP contribution in [0.2, 0.25) is 5.02 Å². The van der Waals surface area contributed by atoms with E-state index >= 15 is 0 Å². The molecule has 36 heavy (non-hydrogen) atoms. The van der Waals surface area contributed by atoms with Crippen LogP contribution in [0.4, 0.5) is 0 Å². The van der Waals surface area contributed by atoms with Crippen LogP contribution in [0.15, 0.2) is 67.4 Å². The van der Waals surface area contributed by atoms with Crippen molar-refractivity contribution in [2.75, 3.05) is 6.79 Å². The predicted molar refractivity (Wildman–Crippen MR) is 147 cm³/mol. The van der Waals surface area contributed by atoms with E-state index in [0.717, 1.165) is 16.5 Å². The van der Waals surface area contributed by atoms with Gasteiger partial charge in [-0.2, -0.15) is 9.78 Å². The topological polar surface area (TPSA) is 74.9 Å².